The van der Waals surface area contributed by atoms with Crippen LogP contribution >= 0.6 is 11.3 Å². The van der Waals surface area contributed by atoms with E-state index in [0.29, 0.717) is 49.0 Å². The summed E-state index contributed by atoms with van der Waals surface area (Å²) in [5.41, 5.74) is 2.28. The first-order chi connectivity index (χ1) is 19.3. The SMILES string of the molecule is CCOC(=O)C1=C(C)N=c2s/c(=C\c3ccc(-c4cccc(C(=O)OC)c4)o3)c(=O)n2[C@H]1c1ccc(OC)cc1. The van der Waals surface area contributed by atoms with E-state index in [0.717, 1.165) is 5.56 Å². The molecule has 0 radical (unpaired) electrons. The van der Waals surface area contributed by atoms with Crippen LogP contribution in [0.5, 0.6) is 5.75 Å². The van der Waals surface area contributed by atoms with Gasteiger partial charge in [-0.1, -0.05) is 35.6 Å². The van der Waals surface area contributed by atoms with Gasteiger partial charge in [0.15, 0.2) is 4.80 Å². The summed E-state index contributed by atoms with van der Waals surface area (Å²) in [6, 6.07) is 16.9. The number of hydrogen-bond donors (Lipinski definition) is 0. The molecular formula is C30H26N2O7S. The standard InChI is InChI=1S/C30H26N2O7S/c1-5-38-29(35)25-17(2)31-30-32(26(25)18-9-11-21(36-3)12-10-18)27(33)24(40-30)16-22-13-14-23(39-22)19-7-6-8-20(15-19)28(34)37-4/h6-16,26H,5H2,1-4H3/b24-16-/t26-/m0/s1. The van der Waals surface area contributed by atoms with Crippen molar-refractivity contribution in [1.29, 1.82) is 0 Å². The highest BCUT2D eigenvalue weighted by Gasteiger charge is 2.33. The normalized spacial score (nSPS) is 14.9. The number of methoxy groups -OCH3 is 2. The molecule has 1 aliphatic heterocycles. The molecule has 0 bridgehead atoms. The van der Waals surface area contributed by atoms with Crippen LogP contribution in [0.25, 0.3) is 17.4 Å². The van der Waals surface area contributed by atoms with E-state index in [-0.39, 0.29) is 12.2 Å². The Morgan fingerprint density at radius 2 is 1.85 bits per heavy atom. The van der Waals surface area contributed by atoms with Gasteiger partial charge in [0.05, 0.1) is 48.2 Å². The van der Waals surface area contributed by atoms with Crippen LogP contribution < -0.4 is 19.6 Å². The molecular weight excluding hydrogens is 532 g/mol. The van der Waals surface area contributed by atoms with E-state index in [1.54, 1.807) is 69.5 Å². The minimum Gasteiger partial charge on any atom is -0.497 e. The number of aromatic nitrogens is 1. The van der Waals surface area contributed by atoms with Crippen molar-refractivity contribution in [3.8, 4) is 17.1 Å². The van der Waals surface area contributed by atoms with Crippen LogP contribution in [0, 0.1) is 0 Å². The summed E-state index contributed by atoms with van der Waals surface area (Å²) in [6.45, 7) is 3.66. The third-order valence-corrected chi connectivity index (χ3v) is 7.40. The number of rotatable bonds is 7. The molecule has 2 aromatic carbocycles. The van der Waals surface area contributed by atoms with E-state index in [2.05, 4.69) is 4.99 Å². The molecule has 0 saturated heterocycles. The maximum atomic E-state index is 13.8. The van der Waals surface area contributed by atoms with Crippen LogP contribution in [0.2, 0.25) is 0 Å². The quantitative estimate of drug-likeness (QED) is 0.317. The van der Waals surface area contributed by atoms with Crippen molar-refractivity contribution < 1.29 is 28.2 Å². The smallest absolute Gasteiger partial charge is 0.338 e. The van der Waals surface area contributed by atoms with Gasteiger partial charge in [0.1, 0.15) is 17.3 Å². The van der Waals surface area contributed by atoms with Crippen LogP contribution in [0.3, 0.4) is 0 Å². The number of furan rings is 1. The predicted octanol–water partition coefficient (Wildman–Crippen LogP) is 3.85. The van der Waals surface area contributed by atoms with Gasteiger partial charge in [0.25, 0.3) is 5.56 Å². The summed E-state index contributed by atoms with van der Waals surface area (Å²) < 4.78 is 23.3. The maximum Gasteiger partial charge on any atom is 0.338 e. The second-order valence-electron chi connectivity index (χ2n) is 8.85. The molecule has 0 saturated carbocycles. The molecule has 0 unspecified atom stereocenters. The fraction of sp³-hybridized carbons (Fsp3) is 0.200. The number of carbonyl (C=O) groups excluding carboxylic acids is 2. The summed E-state index contributed by atoms with van der Waals surface area (Å²) in [5, 5.41) is 0. The number of nitrogens with zero attached hydrogens (tertiary/aromatic N) is 2. The number of carbonyl (C=O) groups is 2. The average Bonchev–Trinajstić information content (AvgIpc) is 3.56. The third-order valence-electron chi connectivity index (χ3n) is 6.42. The van der Waals surface area contributed by atoms with E-state index < -0.39 is 18.0 Å². The zero-order chi connectivity index (χ0) is 28.4. The second kappa shape index (κ2) is 11.2. The summed E-state index contributed by atoms with van der Waals surface area (Å²) in [7, 11) is 2.90. The van der Waals surface area contributed by atoms with Crippen molar-refractivity contribution in [2.75, 3.05) is 20.8 Å². The number of ether oxygens (including phenoxy) is 3. The molecule has 5 rings (SSSR count). The van der Waals surface area contributed by atoms with Gasteiger partial charge in [0.2, 0.25) is 0 Å². The van der Waals surface area contributed by atoms with Crippen molar-refractivity contribution in [2.45, 2.75) is 19.9 Å². The first kappa shape index (κ1) is 26.9. The fourth-order valence-electron chi connectivity index (χ4n) is 4.53. The van der Waals surface area contributed by atoms with Crippen LogP contribution in [0.1, 0.15) is 41.6 Å². The molecule has 1 aliphatic rings. The van der Waals surface area contributed by atoms with E-state index in [1.165, 1.54) is 23.0 Å². The molecule has 0 fully saturated rings. The first-order valence-corrected chi connectivity index (χ1v) is 13.3. The molecule has 0 aliphatic carbocycles. The Labute approximate surface area is 233 Å². The molecule has 1 atom stereocenters. The lowest BCUT2D eigenvalue weighted by atomic mass is 9.96. The molecule has 3 heterocycles. The molecule has 4 aromatic rings. The molecule has 0 N–H and O–H groups in total. The molecule has 9 nitrogen and oxygen atoms in total. The lowest BCUT2D eigenvalue weighted by molar-refractivity contribution is -0.139. The van der Waals surface area contributed by atoms with Gasteiger partial charge in [0, 0.05) is 11.6 Å². The number of benzene rings is 2. The molecule has 10 heteroatoms. The monoisotopic (exact) mass is 558 g/mol. The number of fused-ring (bicyclic) bond motifs is 1. The van der Waals surface area contributed by atoms with Crippen molar-refractivity contribution in [3.63, 3.8) is 0 Å². The minimum atomic E-state index is -0.725. The Balaban J connectivity index is 1.59. The lowest BCUT2D eigenvalue weighted by Crippen LogP contribution is -2.39. The maximum absolute atomic E-state index is 13.8. The fourth-order valence-corrected chi connectivity index (χ4v) is 5.55. The van der Waals surface area contributed by atoms with Crippen molar-refractivity contribution in [3.05, 3.63) is 109 Å². The van der Waals surface area contributed by atoms with E-state index >= 15 is 0 Å². The molecule has 2 aromatic heterocycles. The predicted molar refractivity (Wildman–Crippen MR) is 149 cm³/mol. The topological polar surface area (TPSA) is 109 Å². The highest BCUT2D eigenvalue weighted by Crippen LogP contribution is 2.31. The van der Waals surface area contributed by atoms with E-state index in [4.69, 9.17) is 18.6 Å². The highest BCUT2D eigenvalue weighted by atomic mass is 32.1. The summed E-state index contributed by atoms with van der Waals surface area (Å²) in [4.78, 5) is 43.8. The Morgan fingerprint density at radius 3 is 2.55 bits per heavy atom. The van der Waals surface area contributed by atoms with E-state index in [1.807, 2.05) is 18.2 Å². The Hall–Kier alpha value is -4.70. The van der Waals surface area contributed by atoms with Crippen molar-refractivity contribution >= 4 is 29.4 Å². The van der Waals surface area contributed by atoms with Gasteiger partial charge in [-0.05, 0) is 55.8 Å². The van der Waals surface area contributed by atoms with Crippen LogP contribution in [0.15, 0.2) is 86.1 Å². The first-order valence-electron chi connectivity index (χ1n) is 12.5. The van der Waals surface area contributed by atoms with Crippen LogP contribution in [-0.4, -0.2) is 37.3 Å². The number of hydrogen-bond acceptors (Lipinski definition) is 9. The summed E-state index contributed by atoms with van der Waals surface area (Å²) >= 11 is 1.20. The minimum absolute atomic E-state index is 0.193. The summed E-state index contributed by atoms with van der Waals surface area (Å²) in [5.74, 6) is 0.662. The zero-order valence-electron chi connectivity index (χ0n) is 22.3. The van der Waals surface area contributed by atoms with Crippen molar-refractivity contribution in [2.24, 2.45) is 4.99 Å². The highest BCUT2D eigenvalue weighted by molar-refractivity contribution is 7.07. The van der Waals surface area contributed by atoms with Gasteiger partial charge in [-0.3, -0.25) is 9.36 Å². The summed E-state index contributed by atoms with van der Waals surface area (Å²) in [6.07, 6.45) is 1.64. The van der Waals surface area contributed by atoms with Crippen molar-refractivity contribution in [1.82, 2.24) is 4.57 Å². The zero-order valence-corrected chi connectivity index (χ0v) is 23.1. The average molecular weight is 559 g/mol. The Morgan fingerprint density at radius 1 is 1.07 bits per heavy atom. The second-order valence-corrected chi connectivity index (χ2v) is 9.86. The van der Waals surface area contributed by atoms with Gasteiger partial charge in [-0.2, -0.15) is 0 Å². The molecule has 0 amide bonds. The Kier molecular flexibility index (Phi) is 7.52. The Bertz CT molecular complexity index is 1810. The van der Waals surface area contributed by atoms with E-state index in [9.17, 15) is 14.4 Å². The molecule has 40 heavy (non-hydrogen) atoms. The number of allylic oxidation sites excluding steroid dienone is 1. The van der Waals surface area contributed by atoms with Gasteiger partial charge < -0.3 is 18.6 Å². The molecule has 204 valence electrons. The number of esters is 2. The number of thiazole rings is 1. The largest absolute Gasteiger partial charge is 0.497 e. The van der Waals surface area contributed by atoms with Crippen LogP contribution in [-0.2, 0) is 14.3 Å². The van der Waals surface area contributed by atoms with Gasteiger partial charge >= 0.3 is 11.9 Å². The van der Waals surface area contributed by atoms with Gasteiger partial charge in [-0.15, -0.1) is 0 Å². The third kappa shape index (κ3) is 5.01. The van der Waals surface area contributed by atoms with Crippen LogP contribution in [0.4, 0.5) is 0 Å². The van der Waals surface area contributed by atoms with Gasteiger partial charge in [-0.25, -0.2) is 14.6 Å². The molecule has 0 spiro atoms. The lowest BCUT2D eigenvalue weighted by Gasteiger charge is -2.24.